The fourth-order valence-corrected chi connectivity index (χ4v) is 2.10. The fourth-order valence-electron chi connectivity index (χ4n) is 1.88. The van der Waals surface area contributed by atoms with Crippen LogP contribution in [-0.4, -0.2) is 49.6 Å². The van der Waals surface area contributed by atoms with Gasteiger partial charge in [-0.3, -0.25) is 9.78 Å². The highest BCUT2D eigenvalue weighted by molar-refractivity contribution is 6.35. The molecule has 0 aliphatic heterocycles. The highest BCUT2D eigenvalue weighted by Crippen LogP contribution is 2.29. The Labute approximate surface area is 128 Å². The van der Waals surface area contributed by atoms with Crippen molar-refractivity contribution in [2.45, 2.75) is 0 Å². The van der Waals surface area contributed by atoms with Crippen molar-refractivity contribution in [1.29, 1.82) is 0 Å². The molecule has 0 aliphatic carbocycles. The normalized spacial score (nSPS) is 10.6. The van der Waals surface area contributed by atoms with Crippen molar-refractivity contribution in [3.63, 3.8) is 0 Å². The minimum atomic E-state index is -0.0794. The van der Waals surface area contributed by atoms with E-state index in [0.717, 1.165) is 11.9 Å². The van der Waals surface area contributed by atoms with Crippen molar-refractivity contribution in [3.05, 3.63) is 35.5 Å². The van der Waals surface area contributed by atoms with Crippen LogP contribution in [-0.2, 0) is 4.79 Å². The van der Waals surface area contributed by atoms with Gasteiger partial charge < -0.3 is 15.0 Å². The zero-order valence-electron chi connectivity index (χ0n) is 12.1. The van der Waals surface area contributed by atoms with Gasteiger partial charge in [0.2, 0.25) is 0 Å². The number of ether oxygens (including phenoxy) is 1. The van der Waals surface area contributed by atoms with Gasteiger partial charge in [0.1, 0.15) is 11.3 Å². The van der Waals surface area contributed by atoms with Crippen molar-refractivity contribution in [2.24, 2.45) is 0 Å². The lowest BCUT2D eigenvalue weighted by Gasteiger charge is -2.17. The number of amides is 1. The zero-order chi connectivity index (χ0) is 15.2. The summed E-state index contributed by atoms with van der Waals surface area (Å²) in [5.41, 5.74) is 0.663. The number of hydrogen-bond donors (Lipinski definition) is 1. The number of pyridine rings is 1. The number of nitrogens with one attached hydrogen (secondary N) is 1. The predicted octanol–water partition coefficient (Wildman–Crippen LogP) is 1.94. The van der Waals surface area contributed by atoms with Crippen LogP contribution in [0, 0.1) is 0 Å². The van der Waals surface area contributed by atoms with Crippen LogP contribution in [0.25, 0.3) is 10.9 Å². The topological polar surface area (TPSA) is 54.5 Å². The number of carbonyl (C=O) groups is 1. The summed E-state index contributed by atoms with van der Waals surface area (Å²) >= 11 is 6.12. The molecule has 21 heavy (non-hydrogen) atoms. The Balaban J connectivity index is 2.07. The van der Waals surface area contributed by atoms with E-state index in [-0.39, 0.29) is 12.5 Å². The van der Waals surface area contributed by atoms with E-state index in [1.165, 1.54) is 0 Å². The van der Waals surface area contributed by atoms with Crippen molar-refractivity contribution in [2.75, 3.05) is 33.8 Å². The first-order valence-electron chi connectivity index (χ1n) is 6.68. The van der Waals surface area contributed by atoms with Gasteiger partial charge >= 0.3 is 0 Å². The van der Waals surface area contributed by atoms with Gasteiger partial charge in [-0.05, 0) is 31.3 Å². The number of rotatable bonds is 6. The van der Waals surface area contributed by atoms with Crippen LogP contribution in [0.3, 0.4) is 0 Å². The summed E-state index contributed by atoms with van der Waals surface area (Å²) in [6.07, 6.45) is 1.67. The average Bonchev–Trinajstić information content (AvgIpc) is 2.52. The lowest BCUT2D eigenvalue weighted by Crippen LogP contribution is -2.35. The van der Waals surface area contributed by atoms with Gasteiger partial charge in [-0.15, -0.1) is 0 Å². The monoisotopic (exact) mass is 307 g/mol. The largest absolute Gasteiger partial charge is 0.481 e. The maximum absolute atomic E-state index is 12.0. The van der Waals surface area contributed by atoms with E-state index in [1.54, 1.807) is 30.3 Å². The average molecular weight is 308 g/mol. The molecular weight excluding hydrogens is 290 g/mol. The molecule has 0 unspecified atom stereocenters. The summed E-state index contributed by atoms with van der Waals surface area (Å²) in [5, 5.41) is 4.42. The predicted molar refractivity (Wildman–Crippen MR) is 83.8 cm³/mol. The molecule has 0 atom stereocenters. The van der Waals surface area contributed by atoms with Crippen molar-refractivity contribution < 1.29 is 9.53 Å². The third-order valence-electron chi connectivity index (χ3n) is 3.15. The number of benzene rings is 1. The molecule has 1 aromatic carbocycles. The number of nitrogens with zero attached hydrogens (tertiary/aromatic N) is 2. The van der Waals surface area contributed by atoms with Crippen LogP contribution in [0.15, 0.2) is 30.5 Å². The van der Waals surface area contributed by atoms with Gasteiger partial charge in [0.15, 0.2) is 6.61 Å². The quantitative estimate of drug-likeness (QED) is 0.886. The summed E-state index contributed by atoms with van der Waals surface area (Å²) in [6.45, 7) is 1.36. The highest BCUT2D eigenvalue weighted by atomic mass is 35.5. The van der Waals surface area contributed by atoms with Crippen molar-refractivity contribution >= 4 is 28.4 Å². The fraction of sp³-hybridized carbons (Fsp3) is 0.333. The molecule has 0 spiro atoms. The molecule has 0 radical (unpaired) electrons. The molecule has 1 amide bonds. The van der Waals surface area contributed by atoms with Gasteiger partial charge in [-0.25, -0.2) is 0 Å². The second-order valence-corrected chi connectivity index (χ2v) is 5.06. The van der Waals surface area contributed by atoms with Crippen LogP contribution in [0.4, 0.5) is 0 Å². The minimum absolute atomic E-state index is 0.0203. The van der Waals surface area contributed by atoms with Crippen LogP contribution < -0.4 is 10.1 Å². The summed E-state index contributed by atoms with van der Waals surface area (Å²) in [7, 11) is 3.60. The minimum Gasteiger partial charge on any atom is -0.481 e. The van der Waals surface area contributed by atoms with E-state index >= 15 is 0 Å². The molecule has 5 nitrogen and oxygen atoms in total. The number of aromatic nitrogens is 1. The van der Waals surface area contributed by atoms with E-state index in [9.17, 15) is 4.79 Å². The van der Waals surface area contributed by atoms with Crippen LogP contribution in [0.1, 0.15) is 0 Å². The molecule has 0 aliphatic rings. The molecule has 2 rings (SSSR count). The Bertz CT molecular complexity index is 633. The zero-order valence-corrected chi connectivity index (χ0v) is 12.9. The van der Waals surface area contributed by atoms with Gasteiger partial charge in [-0.2, -0.15) is 0 Å². The number of hydrogen-bond acceptors (Lipinski definition) is 4. The molecule has 0 saturated carbocycles. The molecule has 1 heterocycles. The lowest BCUT2D eigenvalue weighted by molar-refractivity contribution is -0.131. The molecule has 2 aromatic rings. The van der Waals surface area contributed by atoms with E-state index in [4.69, 9.17) is 16.3 Å². The molecule has 0 fully saturated rings. The van der Waals surface area contributed by atoms with Crippen LogP contribution >= 0.6 is 11.6 Å². The highest BCUT2D eigenvalue weighted by Gasteiger charge is 2.11. The first kappa shape index (κ1) is 15.5. The SMILES string of the molecule is CNCCN(C)C(=O)COc1ccc(Cl)c2cccnc12. The Morgan fingerprint density at radius 2 is 2.24 bits per heavy atom. The maximum atomic E-state index is 12.0. The second kappa shape index (κ2) is 7.24. The summed E-state index contributed by atoms with van der Waals surface area (Å²) in [6, 6.07) is 7.17. The summed E-state index contributed by atoms with van der Waals surface area (Å²) < 4.78 is 5.60. The number of fused-ring (bicyclic) bond motifs is 1. The van der Waals surface area contributed by atoms with Gasteiger partial charge in [0.25, 0.3) is 5.91 Å². The van der Waals surface area contributed by atoms with Crippen LogP contribution in [0.2, 0.25) is 5.02 Å². The van der Waals surface area contributed by atoms with Gasteiger partial charge in [-0.1, -0.05) is 11.6 Å². The number of halogens is 1. The smallest absolute Gasteiger partial charge is 0.260 e. The maximum Gasteiger partial charge on any atom is 0.260 e. The van der Waals surface area contributed by atoms with Gasteiger partial charge in [0.05, 0.1) is 5.02 Å². The van der Waals surface area contributed by atoms with Crippen molar-refractivity contribution in [3.8, 4) is 5.75 Å². The molecule has 112 valence electrons. The second-order valence-electron chi connectivity index (χ2n) is 4.65. The summed E-state index contributed by atoms with van der Waals surface area (Å²) in [5.74, 6) is 0.481. The Kier molecular flexibility index (Phi) is 5.36. The van der Waals surface area contributed by atoms with E-state index in [1.807, 2.05) is 19.2 Å². The first-order chi connectivity index (χ1) is 10.1. The lowest BCUT2D eigenvalue weighted by atomic mass is 10.2. The Hall–Kier alpha value is -1.85. The van der Waals surface area contributed by atoms with E-state index in [0.29, 0.717) is 22.8 Å². The van der Waals surface area contributed by atoms with E-state index in [2.05, 4.69) is 10.3 Å². The number of carbonyl (C=O) groups excluding carboxylic acids is 1. The first-order valence-corrected chi connectivity index (χ1v) is 7.06. The standard InChI is InChI=1S/C15H18ClN3O2/c1-17-8-9-19(2)14(20)10-21-13-6-5-12(16)11-4-3-7-18-15(11)13/h3-7,17H,8-10H2,1-2H3. The molecule has 0 bridgehead atoms. The van der Waals surface area contributed by atoms with Gasteiger partial charge in [0, 0.05) is 31.7 Å². The Morgan fingerprint density at radius 3 is 3.00 bits per heavy atom. The van der Waals surface area contributed by atoms with E-state index < -0.39 is 0 Å². The number of likely N-dealkylation sites (N-methyl/N-ethyl adjacent to an activating group) is 2. The molecule has 1 aromatic heterocycles. The third-order valence-corrected chi connectivity index (χ3v) is 3.48. The molecule has 6 heteroatoms. The third kappa shape index (κ3) is 3.83. The van der Waals surface area contributed by atoms with Crippen LogP contribution in [0.5, 0.6) is 5.75 Å². The summed E-state index contributed by atoms with van der Waals surface area (Å²) in [4.78, 5) is 17.8. The molecule has 1 N–H and O–H groups in total. The Morgan fingerprint density at radius 1 is 1.43 bits per heavy atom. The van der Waals surface area contributed by atoms with Crippen molar-refractivity contribution in [1.82, 2.24) is 15.2 Å². The molecule has 0 saturated heterocycles. The molecular formula is C15H18ClN3O2.